The molecule has 2 heterocycles. The van der Waals surface area contributed by atoms with Gasteiger partial charge in [-0.15, -0.1) is 0 Å². The highest BCUT2D eigenvalue weighted by Crippen LogP contribution is 2.16. The fourth-order valence-corrected chi connectivity index (χ4v) is 3.15. The molecule has 120 valence electrons. The summed E-state index contributed by atoms with van der Waals surface area (Å²) in [6.45, 7) is 5.77. The van der Waals surface area contributed by atoms with E-state index in [0.29, 0.717) is 0 Å². The van der Waals surface area contributed by atoms with E-state index in [-0.39, 0.29) is 0 Å². The van der Waals surface area contributed by atoms with Gasteiger partial charge in [-0.2, -0.15) is 0 Å². The van der Waals surface area contributed by atoms with Crippen molar-refractivity contribution in [1.82, 2.24) is 9.88 Å². The first-order valence-electron chi connectivity index (χ1n) is 7.61. The number of benzene rings is 1. The third kappa shape index (κ3) is 4.32. The van der Waals surface area contributed by atoms with Crippen LogP contribution in [-0.2, 0) is 0 Å². The van der Waals surface area contributed by atoms with E-state index in [1.807, 2.05) is 6.20 Å². The number of thiocarbonyl (C=S) groups is 1. The fraction of sp³-hybridized carbons (Fsp3) is 0.294. The highest BCUT2D eigenvalue weighted by atomic mass is 127. The summed E-state index contributed by atoms with van der Waals surface area (Å²) >= 11 is 7.82. The second-order valence-electron chi connectivity index (χ2n) is 5.60. The number of hydrogen-bond donors (Lipinski definition) is 1. The Bertz CT molecular complexity index is 664. The third-order valence-electron chi connectivity index (χ3n) is 3.91. The van der Waals surface area contributed by atoms with Crippen molar-refractivity contribution in [3.63, 3.8) is 0 Å². The number of aryl methyl sites for hydroxylation is 1. The molecule has 1 aromatic heterocycles. The zero-order chi connectivity index (χ0) is 16.2. The zero-order valence-electron chi connectivity index (χ0n) is 13.0. The van der Waals surface area contributed by atoms with Gasteiger partial charge >= 0.3 is 0 Å². The van der Waals surface area contributed by atoms with E-state index in [2.05, 4.69) is 86.0 Å². The molecule has 1 N–H and O–H groups in total. The topological polar surface area (TPSA) is 31.4 Å². The number of anilines is 2. The summed E-state index contributed by atoms with van der Waals surface area (Å²) in [5.74, 6) is 1.04. The molecule has 23 heavy (non-hydrogen) atoms. The van der Waals surface area contributed by atoms with E-state index < -0.39 is 0 Å². The molecular formula is C17H19IN4S. The number of piperazine rings is 1. The van der Waals surface area contributed by atoms with Crippen LogP contribution in [0, 0.1) is 10.5 Å². The molecule has 1 aromatic carbocycles. The van der Waals surface area contributed by atoms with Gasteiger partial charge < -0.3 is 15.1 Å². The highest BCUT2D eigenvalue weighted by Gasteiger charge is 2.19. The van der Waals surface area contributed by atoms with Crippen molar-refractivity contribution in [1.29, 1.82) is 0 Å². The maximum absolute atomic E-state index is 5.54. The first-order valence-corrected chi connectivity index (χ1v) is 9.09. The van der Waals surface area contributed by atoms with Crippen molar-refractivity contribution in [2.45, 2.75) is 6.92 Å². The minimum atomic E-state index is 0.795. The van der Waals surface area contributed by atoms with E-state index in [4.69, 9.17) is 12.2 Å². The third-order valence-corrected chi connectivity index (χ3v) is 4.90. The van der Waals surface area contributed by atoms with Gasteiger partial charge in [-0.1, -0.05) is 17.7 Å². The number of hydrogen-bond acceptors (Lipinski definition) is 3. The molecule has 0 unspecified atom stereocenters. The number of halogens is 1. The summed E-state index contributed by atoms with van der Waals surface area (Å²) in [5, 5.41) is 4.12. The summed E-state index contributed by atoms with van der Waals surface area (Å²) < 4.78 is 1.16. The molecule has 0 amide bonds. The lowest BCUT2D eigenvalue weighted by atomic mass is 10.2. The van der Waals surface area contributed by atoms with Gasteiger partial charge in [0.05, 0.1) is 0 Å². The van der Waals surface area contributed by atoms with Crippen molar-refractivity contribution < 1.29 is 0 Å². The van der Waals surface area contributed by atoms with E-state index >= 15 is 0 Å². The quantitative estimate of drug-likeness (QED) is 0.573. The first kappa shape index (κ1) is 16.4. The monoisotopic (exact) mass is 438 g/mol. The van der Waals surface area contributed by atoms with Crippen LogP contribution in [0.25, 0.3) is 0 Å². The molecule has 6 heteroatoms. The predicted octanol–water partition coefficient (Wildman–Crippen LogP) is 3.51. The Labute approximate surface area is 156 Å². The maximum Gasteiger partial charge on any atom is 0.173 e. The number of nitrogens with one attached hydrogen (secondary N) is 1. The number of aromatic nitrogens is 1. The molecular weight excluding hydrogens is 419 g/mol. The second kappa shape index (κ2) is 7.44. The Morgan fingerprint density at radius 1 is 1.09 bits per heavy atom. The Morgan fingerprint density at radius 2 is 1.78 bits per heavy atom. The SMILES string of the molecule is Cc1ccc(NC(=S)N2CCN(c3ccc(I)cn3)CC2)cc1. The molecule has 0 saturated carbocycles. The Hall–Kier alpha value is -1.41. The van der Waals surface area contributed by atoms with E-state index in [1.54, 1.807) is 0 Å². The zero-order valence-corrected chi connectivity index (χ0v) is 16.0. The molecule has 4 nitrogen and oxygen atoms in total. The van der Waals surface area contributed by atoms with Gasteiger partial charge in [-0.3, -0.25) is 0 Å². The standard InChI is InChI=1S/C17H19IN4S/c1-13-2-5-15(6-3-13)20-17(23)22-10-8-21(9-11-22)16-7-4-14(18)12-19-16/h2-7,12H,8-11H2,1H3,(H,20,23). The van der Waals surface area contributed by atoms with Crippen LogP contribution in [0.2, 0.25) is 0 Å². The predicted molar refractivity (Wildman–Crippen MR) is 108 cm³/mol. The molecule has 1 aliphatic rings. The lowest BCUT2D eigenvalue weighted by molar-refractivity contribution is 0.389. The second-order valence-corrected chi connectivity index (χ2v) is 7.24. The molecule has 0 atom stereocenters. The molecule has 0 radical (unpaired) electrons. The Morgan fingerprint density at radius 3 is 2.39 bits per heavy atom. The van der Waals surface area contributed by atoms with Crippen LogP contribution in [0.4, 0.5) is 11.5 Å². The largest absolute Gasteiger partial charge is 0.353 e. The van der Waals surface area contributed by atoms with E-state index in [0.717, 1.165) is 46.4 Å². The minimum Gasteiger partial charge on any atom is -0.353 e. The van der Waals surface area contributed by atoms with Crippen LogP contribution in [0.1, 0.15) is 5.56 Å². The molecule has 1 aliphatic heterocycles. The lowest BCUT2D eigenvalue weighted by Gasteiger charge is -2.36. The van der Waals surface area contributed by atoms with Gasteiger partial charge in [-0.05, 0) is 66.0 Å². The van der Waals surface area contributed by atoms with Gasteiger partial charge in [0, 0.05) is 41.6 Å². The van der Waals surface area contributed by atoms with Crippen LogP contribution in [0.3, 0.4) is 0 Å². The van der Waals surface area contributed by atoms with Crippen LogP contribution < -0.4 is 10.2 Å². The smallest absolute Gasteiger partial charge is 0.173 e. The molecule has 2 aromatic rings. The van der Waals surface area contributed by atoms with E-state index in [9.17, 15) is 0 Å². The summed E-state index contributed by atoms with van der Waals surface area (Å²) in [5.41, 5.74) is 2.29. The normalized spacial score (nSPS) is 14.7. The summed E-state index contributed by atoms with van der Waals surface area (Å²) in [7, 11) is 0. The summed E-state index contributed by atoms with van der Waals surface area (Å²) in [4.78, 5) is 9.03. The Balaban J connectivity index is 1.54. The fourth-order valence-electron chi connectivity index (χ4n) is 2.53. The average Bonchev–Trinajstić information content (AvgIpc) is 2.58. The van der Waals surface area contributed by atoms with Crippen molar-refractivity contribution in [2.75, 3.05) is 36.4 Å². The summed E-state index contributed by atoms with van der Waals surface area (Å²) in [6, 6.07) is 12.5. The minimum absolute atomic E-state index is 0.795. The van der Waals surface area contributed by atoms with Crippen LogP contribution in [0.15, 0.2) is 42.6 Å². The van der Waals surface area contributed by atoms with Gasteiger partial charge in [0.2, 0.25) is 0 Å². The van der Waals surface area contributed by atoms with Gasteiger partial charge in [0.15, 0.2) is 5.11 Å². The molecule has 1 saturated heterocycles. The maximum atomic E-state index is 5.54. The van der Waals surface area contributed by atoms with Crippen molar-refractivity contribution in [2.24, 2.45) is 0 Å². The number of nitrogens with zero attached hydrogens (tertiary/aromatic N) is 3. The van der Waals surface area contributed by atoms with Crippen LogP contribution >= 0.6 is 34.8 Å². The highest BCUT2D eigenvalue weighted by molar-refractivity contribution is 14.1. The number of pyridine rings is 1. The lowest BCUT2D eigenvalue weighted by Crippen LogP contribution is -2.50. The van der Waals surface area contributed by atoms with Crippen LogP contribution in [0.5, 0.6) is 0 Å². The van der Waals surface area contributed by atoms with Crippen molar-refractivity contribution >= 4 is 51.4 Å². The van der Waals surface area contributed by atoms with Gasteiger partial charge in [-0.25, -0.2) is 4.98 Å². The average molecular weight is 438 g/mol. The van der Waals surface area contributed by atoms with Crippen molar-refractivity contribution in [3.05, 3.63) is 51.7 Å². The Kier molecular flexibility index (Phi) is 5.32. The van der Waals surface area contributed by atoms with E-state index in [1.165, 1.54) is 5.56 Å². The van der Waals surface area contributed by atoms with Gasteiger partial charge in [0.25, 0.3) is 0 Å². The first-order chi connectivity index (χ1) is 11.1. The molecule has 0 bridgehead atoms. The summed E-state index contributed by atoms with van der Waals surface area (Å²) in [6.07, 6.45) is 1.91. The molecule has 0 aliphatic carbocycles. The van der Waals surface area contributed by atoms with Crippen LogP contribution in [-0.4, -0.2) is 41.2 Å². The number of rotatable bonds is 2. The molecule has 0 spiro atoms. The van der Waals surface area contributed by atoms with Crippen molar-refractivity contribution in [3.8, 4) is 0 Å². The molecule has 3 rings (SSSR count). The van der Waals surface area contributed by atoms with Gasteiger partial charge in [0.1, 0.15) is 5.82 Å². The molecule has 1 fully saturated rings.